The Morgan fingerprint density at radius 2 is 0.679 bits per heavy atom. The lowest BCUT2D eigenvalue weighted by atomic mass is 10.00. The molecule has 0 aromatic rings. The van der Waals surface area contributed by atoms with Crippen LogP contribution < -0.4 is 0 Å². The summed E-state index contributed by atoms with van der Waals surface area (Å²) in [5.74, 6) is 0.767. The predicted octanol–water partition coefficient (Wildman–Crippen LogP) is 15.8. The molecule has 0 heterocycles. The Bertz CT molecular complexity index is 856. The first-order valence-electron chi connectivity index (χ1n) is 24.8. The van der Waals surface area contributed by atoms with E-state index in [4.69, 9.17) is 14.2 Å². The van der Waals surface area contributed by atoms with E-state index in [0.29, 0.717) is 19.3 Å². The first kappa shape index (κ1) is 54.4. The Balaban J connectivity index is 4.31. The lowest BCUT2D eigenvalue weighted by molar-refractivity contribution is -0.167. The molecule has 6 heteroatoms. The van der Waals surface area contributed by atoms with Crippen molar-refractivity contribution in [2.75, 3.05) is 13.2 Å². The molecule has 0 saturated carbocycles. The highest BCUT2D eigenvalue weighted by Crippen LogP contribution is 2.17. The summed E-state index contributed by atoms with van der Waals surface area (Å²) in [6, 6.07) is 0. The number of unbranched alkanes of at least 4 members (excludes halogenated alkanes) is 28. The van der Waals surface area contributed by atoms with Gasteiger partial charge in [0.15, 0.2) is 6.10 Å². The number of ether oxygens (including phenoxy) is 3. The summed E-state index contributed by atoms with van der Waals surface area (Å²) in [4.78, 5) is 37.8. The first-order chi connectivity index (χ1) is 27.3. The lowest BCUT2D eigenvalue weighted by Crippen LogP contribution is -2.30. The molecule has 0 aromatic carbocycles. The third-order valence-electron chi connectivity index (χ3n) is 11.6. The Morgan fingerprint density at radius 1 is 0.375 bits per heavy atom. The van der Waals surface area contributed by atoms with E-state index >= 15 is 0 Å². The van der Waals surface area contributed by atoms with Gasteiger partial charge in [-0.05, 0) is 31.1 Å². The molecule has 0 aromatic heterocycles. The van der Waals surface area contributed by atoms with E-state index in [1.807, 2.05) is 0 Å². The Morgan fingerprint density at radius 3 is 1.02 bits per heavy atom. The van der Waals surface area contributed by atoms with Crippen molar-refractivity contribution >= 4 is 17.9 Å². The SMILES string of the molecule is CCCCCCCCCCCCCCCCCCC(=O)O[C@H](COC(=O)CCCCCCCCCCCC(C)C)COC(=O)CCCCCCCCC(C)CC. The van der Waals surface area contributed by atoms with Crippen LogP contribution in [0, 0.1) is 11.8 Å². The zero-order valence-corrected chi connectivity index (χ0v) is 38.3. The van der Waals surface area contributed by atoms with Crippen molar-refractivity contribution < 1.29 is 28.6 Å². The smallest absolute Gasteiger partial charge is 0.306 e. The average Bonchev–Trinajstić information content (AvgIpc) is 3.18. The summed E-state index contributed by atoms with van der Waals surface area (Å²) < 4.78 is 16.8. The van der Waals surface area contributed by atoms with Crippen LogP contribution in [0.5, 0.6) is 0 Å². The van der Waals surface area contributed by atoms with Gasteiger partial charge < -0.3 is 14.2 Å². The topological polar surface area (TPSA) is 78.9 Å². The fourth-order valence-corrected chi connectivity index (χ4v) is 7.43. The van der Waals surface area contributed by atoms with Crippen LogP contribution in [0.4, 0.5) is 0 Å². The van der Waals surface area contributed by atoms with E-state index in [9.17, 15) is 14.4 Å². The van der Waals surface area contributed by atoms with Crippen LogP contribution >= 0.6 is 0 Å². The predicted molar refractivity (Wildman–Crippen MR) is 238 cm³/mol. The molecule has 56 heavy (non-hydrogen) atoms. The van der Waals surface area contributed by atoms with Crippen molar-refractivity contribution in [1.29, 1.82) is 0 Å². The van der Waals surface area contributed by atoms with Gasteiger partial charge in [0.25, 0.3) is 0 Å². The van der Waals surface area contributed by atoms with Crippen molar-refractivity contribution in [3.63, 3.8) is 0 Å². The summed E-state index contributed by atoms with van der Waals surface area (Å²) in [6.45, 7) is 11.3. The van der Waals surface area contributed by atoms with Crippen LogP contribution in [0.3, 0.4) is 0 Å². The lowest BCUT2D eigenvalue weighted by Gasteiger charge is -2.18. The number of hydrogen-bond acceptors (Lipinski definition) is 6. The quantitative estimate of drug-likeness (QED) is 0.0347. The van der Waals surface area contributed by atoms with E-state index in [1.54, 1.807) is 0 Å². The summed E-state index contributed by atoms with van der Waals surface area (Å²) >= 11 is 0. The highest BCUT2D eigenvalue weighted by Gasteiger charge is 2.19. The second kappa shape index (κ2) is 43.0. The van der Waals surface area contributed by atoms with Crippen LogP contribution in [-0.2, 0) is 28.6 Å². The Hall–Kier alpha value is -1.59. The van der Waals surface area contributed by atoms with Crippen LogP contribution in [0.1, 0.15) is 272 Å². The number of carbonyl (C=O) groups excluding carboxylic acids is 3. The van der Waals surface area contributed by atoms with Crippen molar-refractivity contribution in [3.05, 3.63) is 0 Å². The molecule has 6 nitrogen and oxygen atoms in total. The molecule has 332 valence electrons. The minimum atomic E-state index is -0.762. The van der Waals surface area contributed by atoms with E-state index in [1.165, 1.54) is 161 Å². The maximum Gasteiger partial charge on any atom is 0.306 e. The number of hydrogen-bond donors (Lipinski definition) is 0. The molecule has 0 spiro atoms. The number of esters is 3. The zero-order chi connectivity index (χ0) is 41.2. The van der Waals surface area contributed by atoms with Gasteiger partial charge in [-0.25, -0.2) is 0 Å². The summed E-state index contributed by atoms with van der Waals surface area (Å²) in [6.07, 6.45) is 42.3. The maximum atomic E-state index is 12.8. The monoisotopic (exact) mass is 793 g/mol. The summed E-state index contributed by atoms with van der Waals surface area (Å²) in [5, 5.41) is 0. The van der Waals surface area contributed by atoms with Gasteiger partial charge in [0.05, 0.1) is 0 Å². The molecule has 0 fully saturated rings. The molecular weight excluding hydrogens is 697 g/mol. The van der Waals surface area contributed by atoms with Crippen LogP contribution in [0.15, 0.2) is 0 Å². The Labute approximate surface area is 348 Å². The highest BCUT2D eigenvalue weighted by molar-refractivity contribution is 5.71. The average molecular weight is 793 g/mol. The van der Waals surface area contributed by atoms with Gasteiger partial charge in [-0.3, -0.25) is 14.4 Å². The van der Waals surface area contributed by atoms with Crippen LogP contribution in [0.2, 0.25) is 0 Å². The molecule has 2 atom stereocenters. The molecule has 0 radical (unpaired) electrons. The number of carbonyl (C=O) groups is 3. The fraction of sp³-hybridized carbons (Fsp3) is 0.940. The third kappa shape index (κ3) is 42.0. The number of rotatable bonds is 44. The molecule has 0 bridgehead atoms. The van der Waals surface area contributed by atoms with E-state index in [-0.39, 0.29) is 31.1 Å². The second-order valence-corrected chi connectivity index (χ2v) is 17.8. The standard InChI is InChI=1S/C50H96O6/c1-6-8-9-10-11-12-13-14-15-16-17-18-21-25-32-37-42-50(53)56-47(44-55-49(52)41-36-31-27-26-29-34-39-46(5)7-2)43-54-48(51)40-35-30-24-22-19-20-23-28-33-38-45(3)4/h45-47H,6-44H2,1-5H3/t46?,47-/m1/s1. The van der Waals surface area contributed by atoms with Gasteiger partial charge in [0.2, 0.25) is 0 Å². The summed E-state index contributed by atoms with van der Waals surface area (Å²) in [7, 11) is 0. The maximum absolute atomic E-state index is 12.8. The van der Waals surface area contributed by atoms with Crippen LogP contribution in [0.25, 0.3) is 0 Å². The minimum absolute atomic E-state index is 0.0652. The molecule has 0 aliphatic heterocycles. The van der Waals surface area contributed by atoms with Crippen LogP contribution in [-0.4, -0.2) is 37.2 Å². The third-order valence-corrected chi connectivity index (χ3v) is 11.6. The van der Waals surface area contributed by atoms with Gasteiger partial charge in [-0.2, -0.15) is 0 Å². The van der Waals surface area contributed by atoms with Gasteiger partial charge in [0.1, 0.15) is 13.2 Å². The van der Waals surface area contributed by atoms with E-state index in [2.05, 4.69) is 34.6 Å². The van der Waals surface area contributed by atoms with Gasteiger partial charge in [-0.1, -0.05) is 234 Å². The highest BCUT2D eigenvalue weighted by atomic mass is 16.6. The zero-order valence-electron chi connectivity index (χ0n) is 38.3. The van der Waals surface area contributed by atoms with Crippen molar-refractivity contribution in [1.82, 2.24) is 0 Å². The fourth-order valence-electron chi connectivity index (χ4n) is 7.43. The molecular formula is C50H96O6. The Kier molecular flexibility index (Phi) is 41.8. The van der Waals surface area contributed by atoms with Gasteiger partial charge in [-0.15, -0.1) is 0 Å². The van der Waals surface area contributed by atoms with E-state index < -0.39 is 6.10 Å². The van der Waals surface area contributed by atoms with Crippen molar-refractivity contribution in [3.8, 4) is 0 Å². The summed E-state index contributed by atoms with van der Waals surface area (Å²) in [5.41, 5.74) is 0. The molecule has 0 amide bonds. The normalized spacial score (nSPS) is 12.5. The largest absolute Gasteiger partial charge is 0.462 e. The second-order valence-electron chi connectivity index (χ2n) is 17.8. The molecule has 0 saturated heterocycles. The molecule has 0 N–H and O–H groups in total. The van der Waals surface area contributed by atoms with Crippen molar-refractivity contribution in [2.45, 2.75) is 278 Å². The molecule has 1 unspecified atom stereocenters. The van der Waals surface area contributed by atoms with Gasteiger partial charge in [0, 0.05) is 19.3 Å². The van der Waals surface area contributed by atoms with Crippen molar-refractivity contribution in [2.24, 2.45) is 11.8 Å². The molecule has 0 rings (SSSR count). The van der Waals surface area contributed by atoms with E-state index in [0.717, 1.165) is 69.6 Å². The first-order valence-corrected chi connectivity index (χ1v) is 24.8. The van der Waals surface area contributed by atoms with Gasteiger partial charge >= 0.3 is 17.9 Å². The minimum Gasteiger partial charge on any atom is -0.462 e. The molecule has 0 aliphatic rings. The molecule has 0 aliphatic carbocycles.